The lowest BCUT2D eigenvalue weighted by molar-refractivity contribution is -0.118. The number of hydrogen-bond donors (Lipinski definition) is 2. The number of anilines is 1. The molecule has 1 heterocycles. The maximum atomic E-state index is 12.1. The van der Waals surface area contributed by atoms with E-state index in [1.807, 2.05) is 0 Å². The van der Waals surface area contributed by atoms with Crippen LogP contribution in [-0.4, -0.2) is 40.5 Å². The number of piperidine rings is 1. The minimum Gasteiger partial charge on any atom is -0.478 e. The molecule has 0 saturated carbocycles. The lowest BCUT2D eigenvalue weighted by Crippen LogP contribution is -2.47. The number of aromatic carboxylic acids is 1. The lowest BCUT2D eigenvalue weighted by atomic mass is 9.97. The van der Waals surface area contributed by atoms with Crippen molar-refractivity contribution in [2.75, 3.05) is 11.9 Å². The maximum absolute atomic E-state index is 12.1. The Morgan fingerprint density at radius 2 is 1.76 bits per heavy atom. The van der Waals surface area contributed by atoms with Gasteiger partial charge in [-0.3, -0.25) is 9.69 Å². The highest BCUT2D eigenvalue weighted by molar-refractivity contribution is 5.93. The van der Waals surface area contributed by atoms with E-state index in [-0.39, 0.29) is 11.5 Å². The van der Waals surface area contributed by atoms with Crippen LogP contribution in [-0.2, 0) is 4.79 Å². The summed E-state index contributed by atoms with van der Waals surface area (Å²) < 4.78 is 0. The summed E-state index contributed by atoms with van der Waals surface area (Å²) in [5, 5.41) is 11.7. The van der Waals surface area contributed by atoms with Gasteiger partial charge in [-0.1, -0.05) is 6.42 Å². The van der Waals surface area contributed by atoms with Crippen molar-refractivity contribution in [1.82, 2.24) is 4.90 Å². The van der Waals surface area contributed by atoms with E-state index in [9.17, 15) is 9.59 Å². The molecule has 1 amide bonds. The summed E-state index contributed by atoms with van der Waals surface area (Å²) in [6, 6.07) is 7.06. The molecule has 2 atom stereocenters. The highest BCUT2D eigenvalue weighted by Gasteiger charge is 2.26. The van der Waals surface area contributed by atoms with Crippen LogP contribution in [0.1, 0.15) is 43.5 Å². The van der Waals surface area contributed by atoms with Crippen molar-refractivity contribution >= 4 is 17.6 Å². The fourth-order valence-electron chi connectivity index (χ4n) is 2.85. The molecule has 1 saturated heterocycles. The molecule has 0 aliphatic carbocycles. The number of nitrogens with one attached hydrogen (secondary N) is 1. The van der Waals surface area contributed by atoms with Gasteiger partial charge in [0.05, 0.1) is 12.1 Å². The molecular weight excluding hydrogens is 268 g/mol. The van der Waals surface area contributed by atoms with Gasteiger partial charge < -0.3 is 10.4 Å². The van der Waals surface area contributed by atoms with Crippen LogP contribution < -0.4 is 5.32 Å². The molecule has 1 aliphatic heterocycles. The Morgan fingerprint density at radius 1 is 1.19 bits per heavy atom. The molecule has 2 rings (SSSR count). The average Bonchev–Trinajstić information content (AvgIpc) is 2.43. The van der Waals surface area contributed by atoms with E-state index in [0.29, 0.717) is 24.3 Å². The van der Waals surface area contributed by atoms with Crippen LogP contribution in [0.5, 0.6) is 0 Å². The number of hydrogen-bond acceptors (Lipinski definition) is 3. The molecule has 0 bridgehead atoms. The topological polar surface area (TPSA) is 69.6 Å². The summed E-state index contributed by atoms with van der Waals surface area (Å²) in [6.07, 6.45) is 3.48. The fourth-order valence-corrected chi connectivity index (χ4v) is 2.85. The normalized spacial score (nSPS) is 22.8. The first-order valence-corrected chi connectivity index (χ1v) is 7.36. The highest BCUT2D eigenvalue weighted by atomic mass is 16.4. The van der Waals surface area contributed by atoms with Gasteiger partial charge in [0, 0.05) is 17.8 Å². The zero-order valence-corrected chi connectivity index (χ0v) is 12.5. The van der Waals surface area contributed by atoms with Gasteiger partial charge >= 0.3 is 5.97 Å². The second-order valence-electron chi connectivity index (χ2n) is 5.73. The smallest absolute Gasteiger partial charge is 0.335 e. The second kappa shape index (κ2) is 6.72. The molecule has 5 nitrogen and oxygen atoms in total. The van der Waals surface area contributed by atoms with Crippen molar-refractivity contribution in [3.63, 3.8) is 0 Å². The van der Waals surface area contributed by atoms with E-state index in [4.69, 9.17) is 5.11 Å². The molecule has 114 valence electrons. The van der Waals surface area contributed by atoms with Crippen LogP contribution in [0.15, 0.2) is 24.3 Å². The van der Waals surface area contributed by atoms with Gasteiger partial charge in [-0.2, -0.15) is 0 Å². The number of rotatable bonds is 4. The number of benzene rings is 1. The van der Waals surface area contributed by atoms with Gasteiger partial charge in [0.1, 0.15) is 0 Å². The third-order valence-electron chi connectivity index (χ3n) is 4.12. The van der Waals surface area contributed by atoms with Crippen LogP contribution in [0.25, 0.3) is 0 Å². The first kappa shape index (κ1) is 15.5. The van der Waals surface area contributed by atoms with Crippen LogP contribution >= 0.6 is 0 Å². The van der Waals surface area contributed by atoms with Gasteiger partial charge in [-0.25, -0.2) is 4.79 Å². The fraction of sp³-hybridized carbons (Fsp3) is 0.500. The van der Waals surface area contributed by atoms with Gasteiger partial charge in [0.2, 0.25) is 5.91 Å². The summed E-state index contributed by atoms with van der Waals surface area (Å²) in [6.45, 7) is 4.69. The third-order valence-corrected chi connectivity index (χ3v) is 4.12. The zero-order chi connectivity index (χ0) is 15.4. The van der Waals surface area contributed by atoms with Crippen molar-refractivity contribution in [3.8, 4) is 0 Å². The van der Waals surface area contributed by atoms with E-state index in [1.165, 1.54) is 18.6 Å². The molecule has 0 aromatic heterocycles. The Balaban J connectivity index is 1.93. The Kier molecular flexibility index (Phi) is 4.96. The second-order valence-corrected chi connectivity index (χ2v) is 5.73. The van der Waals surface area contributed by atoms with Crippen LogP contribution in [0.2, 0.25) is 0 Å². The summed E-state index contributed by atoms with van der Waals surface area (Å²) >= 11 is 0. The van der Waals surface area contributed by atoms with Crippen molar-refractivity contribution in [3.05, 3.63) is 29.8 Å². The summed E-state index contributed by atoms with van der Waals surface area (Å²) in [7, 11) is 0. The first-order valence-electron chi connectivity index (χ1n) is 7.36. The predicted molar refractivity (Wildman–Crippen MR) is 81.5 cm³/mol. The minimum atomic E-state index is -0.969. The zero-order valence-electron chi connectivity index (χ0n) is 12.5. The maximum Gasteiger partial charge on any atom is 0.335 e. The molecule has 0 spiro atoms. The van der Waals surface area contributed by atoms with E-state index in [2.05, 4.69) is 24.1 Å². The summed E-state index contributed by atoms with van der Waals surface area (Å²) in [5.41, 5.74) is 0.841. The molecule has 0 radical (unpaired) electrons. The van der Waals surface area contributed by atoms with E-state index in [0.717, 1.165) is 12.8 Å². The molecule has 21 heavy (non-hydrogen) atoms. The average molecular weight is 290 g/mol. The number of carbonyl (C=O) groups is 2. The number of carboxylic acids is 1. The standard InChI is InChI=1S/C16H22N2O3/c1-11-4-3-5-12(2)18(11)10-15(19)17-14-8-6-13(7-9-14)16(20)21/h6-9,11-12H,3-5,10H2,1-2H3,(H,17,19)(H,20,21). The highest BCUT2D eigenvalue weighted by Crippen LogP contribution is 2.22. The molecule has 2 unspecified atom stereocenters. The number of likely N-dealkylation sites (tertiary alicyclic amines) is 1. The van der Waals surface area contributed by atoms with Crippen LogP contribution in [0.3, 0.4) is 0 Å². The van der Waals surface area contributed by atoms with E-state index >= 15 is 0 Å². The minimum absolute atomic E-state index is 0.0568. The molecule has 1 aromatic rings. The SMILES string of the molecule is CC1CCCC(C)N1CC(=O)Nc1ccc(C(=O)O)cc1. The Morgan fingerprint density at radius 3 is 2.29 bits per heavy atom. The van der Waals surface area contributed by atoms with Gasteiger partial charge in [0.15, 0.2) is 0 Å². The molecular formula is C16H22N2O3. The van der Waals surface area contributed by atoms with Gasteiger partial charge in [-0.05, 0) is 51.0 Å². The van der Waals surface area contributed by atoms with Crippen molar-refractivity contribution < 1.29 is 14.7 Å². The lowest BCUT2D eigenvalue weighted by Gasteiger charge is -2.38. The van der Waals surface area contributed by atoms with Gasteiger partial charge in [0.25, 0.3) is 0 Å². The van der Waals surface area contributed by atoms with E-state index < -0.39 is 5.97 Å². The van der Waals surface area contributed by atoms with Crippen molar-refractivity contribution in [1.29, 1.82) is 0 Å². The Hall–Kier alpha value is -1.88. The monoisotopic (exact) mass is 290 g/mol. The summed E-state index contributed by atoms with van der Waals surface area (Å²) in [5.74, 6) is -1.03. The number of carboxylic acid groups (broad SMARTS) is 1. The predicted octanol–water partition coefficient (Wildman–Crippen LogP) is 2.59. The Labute approximate surface area is 125 Å². The summed E-state index contributed by atoms with van der Waals surface area (Å²) in [4.78, 5) is 25.1. The quantitative estimate of drug-likeness (QED) is 0.894. The largest absolute Gasteiger partial charge is 0.478 e. The first-order chi connectivity index (χ1) is 9.97. The van der Waals surface area contributed by atoms with Crippen molar-refractivity contribution in [2.24, 2.45) is 0 Å². The van der Waals surface area contributed by atoms with E-state index in [1.54, 1.807) is 12.1 Å². The van der Waals surface area contributed by atoms with Crippen LogP contribution in [0, 0.1) is 0 Å². The molecule has 1 aliphatic rings. The molecule has 1 aromatic carbocycles. The van der Waals surface area contributed by atoms with Gasteiger partial charge in [-0.15, -0.1) is 0 Å². The molecule has 5 heteroatoms. The number of amides is 1. The molecule has 1 fully saturated rings. The molecule has 2 N–H and O–H groups in total. The van der Waals surface area contributed by atoms with Crippen molar-refractivity contribution in [2.45, 2.75) is 45.2 Å². The van der Waals surface area contributed by atoms with Crippen LogP contribution in [0.4, 0.5) is 5.69 Å². The third kappa shape index (κ3) is 4.04. The number of carbonyl (C=O) groups excluding carboxylic acids is 1. The number of nitrogens with zero attached hydrogens (tertiary/aromatic N) is 1. The Bertz CT molecular complexity index is 503.